The van der Waals surface area contributed by atoms with Gasteiger partial charge in [-0.05, 0) is 83.5 Å². The molecule has 12 heteroatoms. The first kappa shape index (κ1) is 53.7. The van der Waals surface area contributed by atoms with Crippen LogP contribution >= 0.6 is 7.82 Å². The molecule has 0 aliphatic heterocycles. The molecule has 0 amide bonds. The topological polar surface area (TPSA) is 172 Å². The van der Waals surface area contributed by atoms with Gasteiger partial charge >= 0.3 is 25.7 Å². The van der Waals surface area contributed by atoms with E-state index in [1.807, 2.05) is 12.2 Å². The number of ether oxygens (including phenoxy) is 2. The number of hydrogen-bond donors (Lipinski definition) is 3. The molecule has 11 nitrogen and oxygen atoms in total. The number of carboxylic acids is 1. The standard InChI is InChI=1S/C45H74NO10P/c1-3-5-7-9-11-13-15-17-19-21-23-25-27-29-31-33-35-37-44(48)56-41(39-54-57(51,52)55-40-42(46)45(49)50)38-53-43(47)36-34-32-30-28-26-24-22-20-18-16-14-12-10-8-6-4-2/h5,7,11,13-14,16-17,19-20,22-23,25,29,31,41-42H,3-4,6,8-10,12,15,18,21,24,26-28,30,32-40,46H2,1-2H3,(H,49,50)(H,51,52)/b7-5-,13-11-,16-14-,19-17-,22-20-,25-23-,31-29-. The quantitative estimate of drug-likeness (QED) is 0.0234. The molecule has 57 heavy (non-hydrogen) atoms. The van der Waals surface area contributed by atoms with Gasteiger partial charge in [0.25, 0.3) is 0 Å². The third-order valence-corrected chi connectivity index (χ3v) is 9.33. The van der Waals surface area contributed by atoms with E-state index in [0.29, 0.717) is 19.3 Å². The van der Waals surface area contributed by atoms with Crippen molar-refractivity contribution in [2.24, 2.45) is 5.73 Å². The van der Waals surface area contributed by atoms with E-state index in [-0.39, 0.29) is 19.4 Å². The molecule has 3 unspecified atom stereocenters. The van der Waals surface area contributed by atoms with Gasteiger partial charge in [0.15, 0.2) is 6.10 Å². The number of rotatable bonds is 38. The highest BCUT2D eigenvalue weighted by atomic mass is 31.2. The number of aliphatic carboxylic acids is 1. The van der Waals surface area contributed by atoms with E-state index in [4.69, 9.17) is 24.8 Å². The monoisotopic (exact) mass is 820 g/mol. The predicted octanol–water partition coefficient (Wildman–Crippen LogP) is 11.1. The molecule has 0 aliphatic rings. The van der Waals surface area contributed by atoms with Crippen LogP contribution in [-0.4, -0.2) is 59.9 Å². The molecule has 0 aromatic carbocycles. The van der Waals surface area contributed by atoms with Crippen molar-refractivity contribution in [1.82, 2.24) is 0 Å². The van der Waals surface area contributed by atoms with Crippen LogP contribution in [0.4, 0.5) is 0 Å². The minimum absolute atomic E-state index is 0.0749. The number of allylic oxidation sites excluding steroid dienone is 14. The number of nitrogens with two attached hydrogens (primary N) is 1. The van der Waals surface area contributed by atoms with Crippen molar-refractivity contribution in [3.05, 3.63) is 85.1 Å². The first-order chi connectivity index (χ1) is 27.6. The van der Waals surface area contributed by atoms with Crippen LogP contribution in [0, 0.1) is 0 Å². The van der Waals surface area contributed by atoms with Crippen LogP contribution in [0.15, 0.2) is 85.1 Å². The van der Waals surface area contributed by atoms with Crippen molar-refractivity contribution >= 4 is 25.7 Å². The van der Waals surface area contributed by atoms with E-state index in [2.05, 4.69) is 91.3 Å². The Kier molecular flexibility index (Phi) is 37.2. The maximum atomic E-state index is 12.6. The highest BCUT2D eigenvalue weighted by Crippen LogP contribution is 2.43. The fourth-order valence-corrected chi connectivity index (χ4v) is 5.85. The zero-order valence-corrected chi connectivity index (χ0v) is 35.8. The summed E-state index contributed by atoms with van der Waals surface area (Å²) in [4.78, 5) is 45.9. The van der Waals surface area contributed by atoms with Gasteiger partial charge in [0.1, 0.15) is 12.6 Å². The fourth-order valence-electron chi connectivity index (χ4n) is 5.07. The summed E-state index contributed by atoms with van der Waals surface area (Å²) in [6.45, 7) is 2.58. The molecule has 0 saturated heterocycles. The van der Waals surface area contributed by atoms with Gasteiger partial charge in [-0.15, -0.1) is 0 Å². The molecule has 0 bridgehead atoms. The average Bonchev–Trinajstić information content (AvgIpc) is 3.19. The molecule has 0 fully saturated rings. The number of carbonyl (C=O) groups excluding carboxylic acids is 2. The Morgan fingerprint density at radius 1 is 0.561 bits per heavy atom. The maximum Gasteiger partial charge on any atom is 0.472 e. The lowest BCUT2D eigenvalue weighted by Gasteiger charge is -2.20. The van der Waals surface area contributed by atoms with Crippen LogP contribution < -0.4 is 5.73 Å². The molecule has 0 aromatic heterocycles. The first-order valence-electron chi connectivity index (χ1n) is 21.1. The molecule has 0 spiro atoms. The smallest absolute Gasteiger partial charge is 0.472 e. The zero-order valence-electron chi connectivity index (χ0n) is 34.9. The lowest BCUT2D eigenvalue weighted by atomic mass is 10.1. The highest BCUT2D eigenvalue weighted by Gasteiger charge is 2.28. The van der Waals surface area contributed by atoms with Gasteiger partial charge in [-0.1, -0.05) is 137 Å². The molecule has 324 valence electrons. The SMILES string of the molecule is CC/C=C\C/C=C\C/C=C\C/C=C\C/C=C\CCCC(=O)OC(COC(=O)CCCCCCC/C=C\C/C=C\CCCCCC)COP(=O)(O)OCC(N)C(=O)O. The molecule has 0 aliphatic carbocycles. The molecular weight excluding hydrogens is 745 g/mol. The summed E-state index contributed by atoms with van der Waals surface area (Å²) in [5.41, 5.74) is 5.32. The average molecular weight is 820 g/mol. The lowest BCUT2D eigenvalue weighted by Crippen LogP contribution is -2.34. The Labute approximate surface area is 343 Å². The molecule has 0 aromatic rings. The molecular formula is C45H74NO10P. The minimum Gasteiger partial charge on any atom is -0.480 e. The largest absolute Gasteiger partial charge is 0.480 e. The molecule has 4 N–H and O–H groups in total. The third-order valence-electron chi connectivity index (χ3n) is 8.38. The van der Waals surface area contributed by atoms with Crippen molar-refractivity contribution in [3.63, 3.8) is 0 Å². The summed E-state index contributed by atoms with van der Waals surface area (Å²) in [6, 6.07) is -1.54. The Balaban J connectivity index is 4.53. The van der Waals surface area contributed by atoms with Crippen LogP contribution in [0.2, 0.25) is 0 Å². The van der Waals surface area contributed by atoms with Gasteiger partial charge in [0.2, 0.25) is 0 Å². The van der Waals surface area contributed by atoms with Crippen molar-refractivity contribution in [1.29, 1.82) is 0 Å². The van der Waals surface area contributed by atoms with E-state index >= 15 is 0 Å². The number of carboxylic acid groups (broad SMARTS) is 1. The van der Waals surface area contributed by atoms with Crippen LogP contribution in [0.5, 0.6) is 0 Å². The van der Waals surface area contributed by atoms with Crippen molar-refractivity contribution in [2.45, 2.75) is 161 Å². The Morgan fingerprint density at radius 2 is 1.00 bits per heavy atom. The van der Waals surface area contributed by atoms with Crippen molar-refractivity contribution in [2.75, 3.05) is 19.8 Å². The van der Waals surface area contributed by atoms with E-state index in [0.717, 1.165) is 77.0 Å². The summed E-state index contributed by atoms with van der Waals surface area (Å²) in [6.07, 6.45) is 48.0. The summed E-state index contributed by atoms with van der Waals surface area (Å²) in [5, 5.41) is 8.88. The van der Waals surface area contributed by atoms with Gasteiger partial charge in [-0.25, -0.2) is 4.57 Å². The van der Waals surface area contributed by atoms with E-state index in [1.54, 1.807) is 0 Å². The normalized spacial score (nSPS) is 14.6. The van der Waals surface area contributed by atoms with E-state index in [9.17, 15) is 23.8 Å². The Hall–Kier alpha value is -3.34. The van der Waals surface area contributed by atoms with Crippen LogP contribution in [0.25, 0.3) is 0 Å². The number of phosphoric ester groups is 1. The molecule has 3 atom stereocenters. The second kappa shape index (κ2) is 39.5. The zero-order chi connectivity index (χ0) is 42.1. The van der Waals surface area contributed by atoms with E-state index in [1.165, 1.54) is 25.7 Å². The van der Waals surface area contributed by atoms with Gasteiger partial charge in [0, 0.05) is 12.8 Å². The van der Waals surface area contributed by atoms with Gasteiger partial charge in [-0.3, -0.25) is 23.4 Å². The van der Waals surface area contributed by atoms with E-state index < -0.39 is 51.1 Å². The number of hydrogen-bond acceptors (Lipinski definition) is 9. The Bertz CT molecular complexity index is 1290. The molecule has 0 saturated carbocycles. The van der Waals surface area contributed by atoms with Crippen LogP contribution in [0.3, 0.4) is 0 Å². The first-order valence-corrected chi connectivity index (χ1v) is 22.6. The fraction of sp³-hybridized carbons (Fsp3) is 0.622. The van der Waals surface area contributed by atoms with Crippen molar-refractivity contribution < 1.29 is 47.5 Å². The minimum atomic E-state index is -4.74. The van der Waals surface area contributed by atoms with Gasteiger partial charge in [-0.2, -0.15) is 0 Å². The number of carbonyl (C=O) groups is 3. The lowest BCUT2D eigenvalue weighted by molar-refractivity contribution is -0.161. The van der Waals surface area contributed by atoms with Gasteiger partial charge < -0.3 is 25.2 Å². The number of unbranched alkanes of at least 4 members (excludes halogenated alkanes) is 10. The molecule has 0 heterocycles. The summed E-state index contributed by atoms with van der Waals surface area (Å²) in [5.74, 6) is -2.48. The van der Waals surface area contributed by atoms with Gasteiger partial charge in [0.05, 0.1) is 13.2 Å². The Morgan fingerprint density at radius 3 is 1.53 bits per heavy atom. The van der Waals surface area contributed by atoms with Crippen LogP contribution in [-0.2, 0) is 37.5 Å². The molecule has 0 radical (unpaired) electrons. The summed E-state index contributed by atoms with van der Waals surface area (Å²) >= 11 is 0. The summed E-state index contributed by atoms with van der Waals surface area (Å²) in [7, 11) is -4.74. The second-order valence-electron chi connectivity index (χ2n) is 13.7. The maximum absolute atomic E-state index is 12.6. The third kappa shape index (κ3) is 39.3. The predicted molar refractivity (Wildman–Crippen MR) is 230 cm³/mol. The van der Waals surface area contributed by atoms with Crippen molar-refractivity contribution in [3.8, 4) is 0 Å². The number of esters is 2. The van der Waals surface area contributed by atoms with Crippen LogP contribution in [0.1, 0.15) is 149 Å². The second-order valence-corrected chi connectivity index (χ2v) is 15.2. The summed E-state index contributed by atoms with van der Waals surface area (Å²) < 4.78 is 32.6. The molecule has 0 rings (SSSR count). The number of phosphoric acid groups is 1. The highest BCUT2D eigenvalue weighted by molar-refractivity contribution is 7.47.